The number of nitrogens with zero attached hydrogens (tertiary/aromatic N) is 1. The topological polar surface area (TPSA) is 77.5 Å². The molecule has 0 atom stereocenters. The molecule has 0 aliphatic carbocycles. The Hall–Kier alpha value is -2.45. The van der Waals surface area contributed by atoms with Crippen LogP contribution in [0.1, 0.15) is 27.6 Å². The predicted octanol–water partition coefficient (Wildman–Crippen LogP) is 4.50. The number of benzene rings is 1. The van der Waals surface area contributed by atoms with Gasteiger partial charge in [0.2, 0.25) is 5.88 Å². The summed E-state index contributed by atoms with van der Waals surface area (Å²) in [5, 5.41) is 7.18. The largest absolute Gasteiger partial charge is 0.480 e. The van der Waals surface area contributed by atoms with Crippen molar-refractivity contribution in [2.75, 3.05) is 19.0 Å². The molecule has 0 aliphatic heterocycles. The van der Waals surface area contributed by atoms with Crippen molar-refractivity contribution in [3.63, 3.8) is 0 Å². The zero-order chi connectivity index (χ0) is 18.7. The van der Waals surface area contributed by atoms with Crippen LogP contribution in [0.15, 0.2) is 39.5 Å². The van der Waals surface area contributed by atoms with Crippen LogP contribution in [0.3, 0.4) is 0 Å². The molecule has 0 bridgehead atoms. The molecule has 1 amide bonds. The highest BCUT2D eigenvalue weighted by molar-refractivity contribution is 9.10. The summed E-state index contributed by atoms with van der Waals surface area (Å²) in [4.78, 5) is 29.3. The van der Waals surface area contributed by atoms with Crippen molar-refractivity contribution >= 4 is 55.7 Å². The van der Waals surface area contributed by atoms with E-state index in [4.69, 9.17) is 9.47 Å². The smallest absolute Gasteiger partial charge is 0.343 e. The van der Waals surface area contributed by atoms with Crippen LogP contribution in [-0.2, 0) is 4.74 Å². The lowest BCUT2D eigenvalue weighted by molar-refractivity contribution is 0.0522. The fourth-order valence-corrected chi connectivity index (χ4v) is 3.54. The van der Waals surface area contributed by atoms with Crippen molar-refractivity contribution in [2.45, 2.75) is 6.92 Å². The van der Waals surface area contributed by atoms with Gasteiger partial charge in [0, 0.05) is 15.2 Å². The second-order valence-corrected chi connectivity index (χ2v) is 6.86. The van der Waals surface area contributed by atoms with E-state index in [1.165, 1.54) is 18.4 Å². The van der Waals surface area contributed by atoms with Gasteiger partial charge in [0.15, 0.2) is 0 Å². The number of methoxy groups -OCH3 is 1. The Bertz CT molecular complexity index is 973. The Morgan fingerprint density at radius 2 is 2.12 bits per heavy atom. The molecular weight excluding hydrogens is 420 g/mol. The lowest BCUT2D eigenvalue weighted by Gasteiger charge is -2.12. The van der Waals surface area contributed by atoms with Gasteiger partial charge in [0.05, 0.1) is 30.5 Å². The molecule has 0 saturated carbocycles. The van der Waals surface area contributed by atoms with Gasteiger partial charge >= 0.3 is 5.97 Å². The summed E-state index contributed by atoms with van der Waals surface area (Å²) in [6.45, 7) is 1.97. The summed E-state index contributed by atoms with van der Waals surface area (Å²) in [6, 6.07) is 6.95. The minimum atomic E-state index is -0.522. The van der Waals surface area contributed by atoms with E-state index in [1.54, 1.807) is 25.1 Å². The van der Waals surface area contributed by atoms with Crippen molar-refractivity contribution in [2.24, 2.45) is 0 Å². The second-order valence-electron chi connectivity index (χ2n) is 5.23. The van der Waals surface area contributed by atoms with Gasteiger partial charge in [0.25, 0.3) is 5.91 Å². The SMILES string of the molecule is CCOC(=O)c1cc2ccc(Br)c(C(=O)Nc3ccsc3)c2nc1OC. The number of halogens is 1. The van der Waals surface area contributed by atoms with Gasteiger partial charge in [0.1, 0.15) is 5.56 Å². The molecule has 6 nitrogen and oxygen atoms in total. The summed E-state index contributed by atoms with van der Waals surface area (Å²) >= 11 is 4.90. The van der Waals surface area contributed by atoms with E-state index in [-0.39, 0.29) is 24.0 Å². The van der Waals surface area contributed by atoms with Crippen molar-refractivity contribution in [3.05, 3.63) is 50.6 Å². The number of anilines is 1. The normalized spacial score (nSPS) is 10.6. The quantitative estimate of drug-likeness (QED) is 0.598. The third kappa shape index (κ3) is 3.56. The van der Waals surface area contributed by atoms with E-state index < -0.39 is 5.97 Å². The maximum atomic E-state index is 12.8. The average molecular weight is 435 g/mol. The van der Waals surface area contributed by atoms with Crippen LogP contribution in [0.2, 0.25) is 0 Å². The molecule has 2 heterocycles. The maximum absolute atomic E-state index is 12.8. The number of carbonyl (C=O) groups excluding carboxylic acids is 2. The predicted molar refractivity (Wildman–Crippen MR) is 104 cm³/mol. The fraction of sp³-hybridized carbons (Fsp3) is 0.167. The van der Waals surface area contributed by atoms with E-state index in [0.29, 0.717) is 26.6 Å². The molecular formula is C18H15BrN2O4S. The van der Waals surface area contributed by atoms with E-state index in [9.17, 15) is 9.59 Å². The number of amides is 1. The molecule has 0 radical (unpaired) electrons. The fourth-order valence-electron chi connectivity index (χ4n) is 2.45. The third-order valence-corrected chi connectivity index (χ3v) is 4.94. The minimum absolute atomic E-state index is 0.110. The van der Waals surface area contributed by atoms with Crippen molar-refractivity contribution < 1.29 is 19.1 Å². The number of nitrogens with one attached hydrogen (secondary N) is 1. The number of pyridine rings is 1. The number of carbonyl (C=O) groups is 2. The number of thiophene rings is 1. The monoisotopic (exact) mass is 434 g/mol. The Balaban J connectivity index is 2.12. The molecule has 0 spiro atoms. The molecule has 1 aromatic carbocycles. The highest BCUT2D eigenvalue weighted by Gasteiger charge is 2.21. The van der Waals surface area contributed by atoms with E-state index in [0.717, 1.165) is 0 Å². The summed E-state index contributed by atoms with van der Waals surface area (Å²) in [5.74, 6) is -0.719. The van der Waals surface area contributed by atoms with Crippen LogP contribution in [-0.4, -0.2) is 30.6 Å². The van der Waals surface area contributed by atoms with Gasteiger partial charge in [-0.1, -0.05) is 6.07 Å². The number of esters is 1. The molecule has 0 fully saturated rings. The number of rotatable bonds is 5. The number of ether oxygens (including phenoxy) is 2. The number of fused-ring (bicyclic) bond motifs is 1. The molecule has 8 heteroatoms. The van der Waals surface area contributed by atoms with Crippen LogP contribution in [0.25, 0.3) is 10.9 Å². The first kappa shape index (κ1) is 18.3. The lowest BCUT2D eigenvalue weighted by Crippen LogP contribution is -2.14. The molecule has 1 N–H and O–H groups in total. The molecule has 0 aliphatic rings. The highest BCUT2D eigenvalue weighted by atomic mass is 79.9. The molecule has 134 valence electrons. The first-order valence-corrected chi connectivity index (χ1v) is 9.46. The van der Waals surface area contributed by atoms with E-state index in [1.807, 2.05) is 16.8 Å². The Morgan fingerprint density at radius 3 is 2.77 bits per heavy atom. The second kappa shape index (κ2) is 7.84. The minimum Gasteiger partial charge on any atom is -0.480 e. The first-order chi connectivity index (χ1) is 12.5. The molecule has 3 rings (SSSR count). The van der Waals surface area contributed by atoms with Gasteiger partial charge in [-0.3, -0.25) is 4.79 Å². The van der Waals surface area contributed by atoms with Crippen LogP contribution in [0.4, 0.5) is 5.69 Å². The Kier molecular flexibility index (Phi) is 5.53. The van der Waals surface area contributed by atoms with Gasteiger partial charge in [-0.05, 0) is 46.4 Å². The summed E-state index contributed by atoms with van der Waals surface area (Å²) in [5.41, 5.74) is 1.71. The van der Waals surface area contributed by atoms with Crippen molar-refractivity contribution in [3.8, 4) is 5.88 Å². The Labute approximate surface area is 162 Å². The Morgan fingerprint density at radius 1 is 1.31 bits per heavy atom. The van der Waals surface area contributed by atoms with Crippen LogP contribution in [0, 0.1) is 0 Å². The summed E-state index contributed by atoms with van der Waals surface area (Å²) < 4.78 is 10.9. The first-order valence-electron chi connectivity index (χ1n) is 7.73. The lowest BCUT2D eigenvalue weighted by atomic mass is 10.1. The summed E-state index contributed by atoms with van der Waals surface area (Å²) in [7, 11) is 1.42. The molecule has 0 unspecified atom stereocenters. The van der Waals surface area contributed by atoms with Gasteiger partial charge < -0.3 is 14.8 Å². The molecule has 0 saturated heterocycles. The number of aromatic nitrogens is 1. The average Bonchev–Trinajstić information content (AvgIpc) is 3.13. The number of hydrogen-bond donors (Lipinski definition) is 1. The van der Waals surface area contributed by atoms with Crippen LogP contribution < -0.4 is 10.1 Å². The zero-order valence-electron chi connectivity index (χ0n) is 14.0. The zero-order valence-corrected chi connectivity index (χ0v) is 16.4. The van der Waals surface area contributed by atoms with Gasteiger partial charge in [-0.2, -0.15) is 11.3 Å². The van der Waals surface area contributed by atoms with Crippen molar-refractivity contribution in [1.29, 1.82) is 0 Å². The summed E-state index contributed by atoms with van der Waals surface area (Å²) in [6.07, 6.45) is 0. The van der Waals surface area contributed by atoms with Gasteiger partial charge in [-0.25, -0.2) is 9.78 Å². The molecule has 3 aromatic rings. The maximum Gasteiger partial charge on any atom is 0.343 e. The van der Waals surface area contributed by atoms with Crippen LogP contribution >= 0.6 is 27.3 Å². The number of hydrogen-bond acceptors (Lipinski definition) is 6. The van der Waals surface area contributed by atoms with Crippen molar-refractivity contribution in [1.82, 2.24) is 4.98 Å². The highest BCUT2D eigenvalue weighted by Crippen LogP contribution is 2.30. The van der Waals surface area contributed by atoms with E-state index >= 15 is 0 Å². The van der Waals surface area contributed by atoms with Crippen LogP contribution in [0.5, 0.6) is 5.88 Å². The third-order valence-electron chi connectivity index (χ3n) is 3.60. The standard InChI is InChI=1S/C18H15BrN2O4S/c1-3-25-18(23)12-8-10-4-5-13(19)14(15(10)21-17(12)24-2)16(22)20-11-6-7-26-9-11/h4-9H,3H2,1-2H3,(H,20,22). The van der Waals surface area contributed by atoms with E-state index in [2.05, 4.69) is 26.2 Å². The van der Waals surface area contributed by atoms with Gasteiger partial charge in [-0.15, -0.1) is 0 Å². The molecule has 2 aromatic heterocycles. The molecule has 26 heavy (non-hydrogen) atoms.